The summed E-state index contributed by atoms with van der Waals surface area (Å²) in [5.41, 5.74) is 0.610. The summed E-state index contributed by atoms with van der Waals surface area (Å²) in [4.78, 5) is 0. The summed E-state index contributed by atoms with van der Waals surface area (Å²) in [6.45, 7) is -0.156. The standard InChI is InChI=1S/C15H15ClO4/c1-18-12-6-13(19-2)8-14(7-12)20-15-4-3-11(16)5-10(15)9-17/h3-8,17H,9H2,1-2H3. The van der Waals surface area contributed by atoms with Crippen molar-refractivity contribution in [3.05, 3.63) is 47.0 Å². The van der Waals surface area contributed by atoms with E-state index in [-0.39, 0.29) is 6.61 Å². The van der Waals surface area contributed by atoms with Gasteiger partial charge in [0, 0.05) is 28.8 Å². The molecule has 0 aliphatic heterocycles. The smallest absolute Gasteiger partial charge is 0.134 e. The highest BCUT2D eigenvalue weighted by Crippen LogP contribution is 2.33. The van der Waals surface area contributed by atoms with Crippen LogP contribution in [-0.4, -0.2) is 19.3 Å². The third-order valence-electron chi connectivity index (χ3n) is 2.75. The first-order chi connectivity index (χ1) is 9.66. The van der Waals surface area contributed by atoms with Gasteiger partial charge in [-0.05, 0) is 18.2 Å². The van der Waals surface area contributed by atoms with Crippen molar-refractivity contribution in [3.63, 3.8) is 0 Å². The van der Waals surface area contributed by atoms with Crippen molar-refractivity contribution >= 4 is 11.6 Å². The molecule has 0 aromatic heterocycles. The summed E-state index contributed by atoms with van der Waals surface area (Å²) in [5.74, 6) is 2.34. The molecule has 0 amide bonds. The Labute approximate surface area is 122 Å². The summed E-state index contributed by atoms with van der Waals surface area (Å²) in [6.07, 6.45) is 0. The van der Waals surface area contributed by atoms with E-state index in [0.29, 0.717) is 33.6 Å². The van der Waals surface area contributed by atoms with Gasteiger partial charge in [-0.25, -0.2) is 0 Å². The van der Waals surface area contributed by atoms with Crippen LogP contribution < -0.4 is 14.2 Å². The van der Waals surface area contributed by atoms with Gasteiger partial charge in [0.25, 0.3) is 0 Å². The number of ether oxygens (including phenoxy) is 3. The van der Waals surface area contributed by atoms with Crippen LogP contribution in [0.25, 0.3) is 0 Å². The molecule has 0 unspecified atom stereocenters. The average molecular weight is 295 g/mol. The predicted octanol–water partition coefficient (Wildman–Crippen LogP) is 3.64. The lowest BCUT2D eigenvalue weighted by Gasteiger charge is -2.12. The monoisotopic (exact) mass is 294 g/mol. The maximum Gasteiger partial charge on any atom is 0.134 e. The van der Waals surface area contributed by atoms with E-state index in [9.17, 15) is 5.11 Å². The van der Waals surface area contributed by atoms with Crippen molar-refractivity contribution in [1.29, 1.82) is 0 Å². The molecule has 0 aliphatic carbocycles. The van der Waals surface area contributed by atoms with E-state index in [1.54, 1.807) is 50.6 Å². The lowest BCUT2D eigenvalue weighted by atomic mass is 10.2. The second-order valence-electron chi connectivity index (χ2n) is 4.06. The maximum absolute atomic E-state index is 9.33. The molecule has 5 heteroatoms. The highest BCUT2D eigenvalue weighted by Gasteiger charge is 2.08. The Morgan fingerprint density at radius 1 is 0.950 bits per heavy atom. The minimum atomic E-state index is -0.156. The van der Waals surface area contributed by atoms with Crippen molar-refractivity contribution in [2.24, 2.45) is 0 Å². The Morgan fingerprint density at radius 2 is 1.55 bits per heavy atom. The molecule has 0 bridgehead atoms. The molecule has 2 aromatic carbocycles. The second kappa shape index (κ2) is 6.50. The van der Waals surface area contributed by atoms with Gasteiger partial charge in [-0.3, -0.25) is 0 Å². The minimum absolute atomic E-state index is 0.156. The fourth-order valence-corrected chi connectivity index (χ4v) is 1.93. The van der Waals surface area contributed by atoms with E-state index in [2.05, 4.69) is 0 Å². The van der Waals surface area contributed by atoms with Crippen LogP contribution in [0.3, 0.4) is 0 Å². The zero-order valence-corrected chi connectivity index (χ0v) is 12.0. The van der Waals surface area contributed by atoms with Gasteiger partial charge >= 0.3 is 0 Å². The third kappa shape index (κ3) is 3.35. The highest BCUT2D eigenvalue weighted by atomic mass is 35.5. The lowest BCUT2D eigenvalue weighted by molar-refractivity contribution is 0.276. The molecule has 106 valence electrons. The molecule has 2 aromatic rings. The van der Waals surface area contributed by atoms with Crippen LogP contribution in [-0.2, 0) is 6.61 Å². The third-order valence-corrected chi connectivity index (χ3v) is 2.98. The molecule has 0 atom stereocenters. The first-order valence-electron chi connectivity index (χ1n) is 5.96. The van der Waals surface area contributed by atoms with Gasteiger partial charge in [0.05, 0.1) is 20.8 Å². The maximum atomic E-state index is 9.33. The van der Waals surface area contributed by atoms with Crippen molar-refractivity contribution in [2.45, 2.75) is 6.61 Å². The molecule has 0 radical (unpaired) electrons. The number of halogens is 1. The fraction of sp³-hybridized carbons (Fsp3) is 0.200. The Hall–Kier alpha value is -1.91. The van der Waals surface area contributed by atoms with Gasteiger partial charge in [-0.15, -0.1) is 0 Å². The molecule has 20 heavy (non-hydrogen) atoms. The molecule has 0 saturated carbocycles. The van der Waals surface area contributed by atoms with E-state index in [4.69, 9.17) is 25.8 Å². The average Bonchev–Trinajstić information content (AvgIpc) is 2.48. The van der Waals surface area contributed by atoms with Crippen LogP contribution >= 0.6 is 11.6 Å². The SMILES string of the molecule is COc1cc(OC)cc(Oc2ccc(Cl)cc2CO)c1. The molecular formula is C15H15ClO4. The topological polar surface area (TPSA) is 47.9 Å². The van der Waals surface area contributed by atoms with E-state index in [1.807, 2.05) is 0 Å². The van der Waals surface area contributed by atoms with Crippen molar-refractivity contribution in [2.75, 3.05) is 14.2 Å². The predicted molar refractivity (Wildman–Crippen MR) is 77.0 cm³/mol. The Balaban J connectivity index is 2.34. The summed E-state index contributed by atoms with van der Waals surface area (Å²) < 4.78 is 16.1. The van der Waals surface area contributed by atoms with E-state index < -0.39 is 0 Å². The van der Waals surface area contributed by atoms with Crippen molar-refractivity contribution in [1.82, 2.24) is 0 Å². The zero-order chi connectivity index (χ0) is 14.5. The quantitative estimate of drug-likeness (QED) is 0.914. The van der Waals surface area contributed by atoms with E-state index in [0.717, 1.165) is 0 Å². The van der Waals surface area contributed by atoms with E-state index >= 15 is 0 Å². The number of rotatable bonds is 5. The zero-order valence-electron chi connectivity index (χ0n) is 11.2. The number of methoxy groups -OCH3 is 2. The number of hydrogen-bond donors (Lipinski definition) is 1. The van der Waals surface area contributed by atoms with Crippen LogP contribution in [0.2, 0.25) is 5.02 Å². The largest absolute Gasteiger partial charge is 0.496 e. The Morgan fingerprint density at radius 3 is 2.10 bits per heavy atom. The molecule has 0 saturated heterocycles. The van der Waals surface area contributed by atoms with Crippen LogP contribution in [0.5, 0.6) is 23.0 Å². The van der Waals surface area contributed by atoms with Crippen LogP contribution in [0.1, 0.15) is 5.56 Å². The van der Waals surface area contributed by atoms with Crippen LogP contribution in [0, 0.1) is 0 Å². The first-order valence-corrected chi connectivity index (χ1v) is 6.34. The van der Waals surface area contributed by atoms with Crippen molar-refractivity contribution < 1.29 is 19.3 Å². The summed E-state index contributed by atoms with van der Waals surface area (Å²) >= 11 is 5.89. The van der Waals surface area contributed by atoms with Gasteiger partial charge in [-0.1, -0.05) is 11.6 Å². The normalized spacial score (nSPS) is 10.2. The van der Waals surface area contributed by atoms with Gasteiger partial charge in [0.15, 0.2) is 0 Å². The first kappa shape index (κ1) is 14.5. The van der Waals surface area contributed by atoms with Crippen LogP contribution in [0.4, 0.5) is 0 Å². The number of hydrogen-bond acceptors (Lipinski definition) is 4. The summed E-state index contributed by atoms with van der Waals surface area (Å²) in [7, 11) is 3.14. The van der Waals surface area contributed by atoms with Gasteiger partial charge in [0.1, 0.15) is 23.0 Å². The molecular weight excluding hydrogens is 280 g/mol. The Bertz CT molecular complexity index is 576. The minimum Gasteiger partial charge on any atom is -0.496 e. The van der Waals surface area contributed by atoms with Crippen LogP contribution in [0.15, 0.2) is 36.4 Å². The second-order valence-corrected chi connectivity index (χ2v) is 4.50. The molecule has 1 N–H and O–H groups in total. The fourth-order valence-electron chi connectivity index (χ4n) is 1.74. The van der Waals surface area contributed by atoms with E-state index in [1.165, 1.54) is 0 Å². The molecule has 0 spiro atoms. The number of aliphatic hydroxyl groups excluding tert-OH is 1. The molecule has 4 nitrogen and oxygen atoms in total. The van der Waals surface area contributed by atoms with Gasteiger partial charge in [0.2, 0.25) is 0 Å². The molecule has 0 aliphatic rings. The molecule has 2 rings (SSSR count). The van der Waals surface area contributed by atoms with Crippen molar-refractivity contribution in [3.8, 4) is 23.0 Å². The highest BCUT2D eigenvalue weighted by molar-refractivity contribution is 6.30. The molecule has 0 heterocycles. The number of benzene rings is 2. The molecule has 0 fully saturated rings. The lowest BCUT2D eigenvalue weighted by Crippen LogP contribution is -1.93. The number of aliphatic hydroxyl groups is 1. The van der Waals surface area contributed by atoms with Gasteiger partial charge in [-0.2, -0.15) is 0 Å². The summed E-state index contributed by atoms with van der Waals surface area (Å²) in [6, 6.07) is 10.3. The van der Waals surface area contributed by atoms with Gasteiger partial charge < -0.3 is 19.3 Å². The Kier molecular flexibility index (Phi) is 4.71. The summed E-state index contributed by atoms with van der Waals surface area (Å²) in [5, 5.41) is 9.88.